The van der Waals surface area contributed by atoms with E-state index in [-0.39, 0.29) is 19.6 Å². The van der Waals surface area contributed by atoms with Crippen LogP contribution in [0.15, 0.2) is 0 Å². The Balaban J connectivity index is 3.16. The Morgan fingerprint density at radius 3 is 2.10 bits per heavy atom. The number of hydrogen-bond acceptors (Lipinski definition) is 4. The molecule has 0 fully saturated rings. The largest absolute Gasteiger partial charge is 0.481 e. The number of ether oxygens (including phenoxy) is 2. The molecule has 0 heterocycles. The molecule has 2 N–H and O–H groups in total. The molecule has 0 aliphatic heterocycles. The maximum atomic E-state index is 10.3. The molecule has 5 heteroatoms. The number of aliphatic hydroxyl groups is 1. The Labute approximate surface area is 122 Å². The van der Waals surface area contributed by atoms with Crippen LogP contribution in [-0.4, -0.2) is 48.7 Å². The topological polar surface area (TPSA) is 76.0 Å². The minimum absolute atomic E-state index is 0.102. The van der Waals surface area contributed by atoms with Crippen molar-refractivity contribution in [3.05, 3.63) is 0 Å². The first kappa shape index (κ1) is 19.4. The molecule has 0 aliphatic carbocycles. The van der Waals surface area contributed by atoms with Crippen molar-refractivity contribution < 1.29 is 24.5 Å². The quantitative estimate of drug-likeness (QED) is 0.453. The van der Waals surface area contributed by atoms with Gasteiger partial charge in [0.1, 0.15) is 6.10 Å². The summed E-state index contributed by atoms with van der Waals surface area (Å²) in [6.07, 6.45) is 7.28. The Hall–Kier alpha value is -0.650. The van der Waals surface area contributed by atoms with Gasteiger partial charge in [0.25, 0.3) is 0 Å². The van der Waals surface area contributed by atoms with E-state index in [2.05, 4.69) is 6.92 Å². The molecule has 0 radical (unpaired) electrons. The zero-order chi connectivity index (χ0) is 15.1. The van der Waals surface area contributed by atoms with Gasteiger partial charge in [0, 0.05) is 19.6 Å². The van der Waals surface area contributed by atoms with Gasteiger partial charge in [0.2, 0.25) is 0 Å². The van der Waals surface area contributed by atoms with Gasteiger partial charge >= 0.3 is 5.97 Å². The molecule has 0 amide bonds. The van der Waals surface area contributed by atoms with Crippen LogP contribution in [-0.2, 0) is 14.3 Å². The second kappa shape index (κ2) is 14.8. The van der Waals surface area contributed by atoms with Crippen molar-refractivity contribution in [3.63, 3.8) is 0 Å². The smallest absolute Gasteiger partial charge is 0.303 e. The summed E-state index contributed by atoms with van der Waals surface area (Å²) in [6.45, 7) is 3.74. The van der Waals surface area contributed by atoms with Crippen LogP contribution in [0.3, 0.4) is 0 Å². The highest BCUT2D eigenvalue weighted by atomic mass is 16.5. The summed E-state index contributed by atoms with van der Waals surface area (Å²) in [6, 6.07) is 0. The number of aliphatic hydroxyl groups excluding tert-OH is 1. The molecule has 1 atom stereocenters. The third-order valence-electron chi connectivity index (χ3n) is 2.94. The zero-order valence-corrected chi connectivity index (χ0v) is 12.7. The molecule has 1 unspecified atom stereocenters. The van der Waals surface area contributed by atoms with Crippen molar-refractivity contribution in [2.45, 2.75) is 64.4 Å². The SMILES string of the molecule is CCCCCCCCOCC(O)COCCCC(=O)O. The van der Waals surface area contributed by atoms with Crippen molar-refractivity contribution in [1.29, 1.82) is 0 Å². The van der Waals surface area contributed by atoms with Gasteiger partial charge in [0.15, 0.2) is 0 Å². The van der Waals surface area contributed by atoms with Crippen LogP contribution in [0.1, 0.15) is 58.3 Å². The first-order valence-electron chi connectivity index (χ1n) is 7.72. The number of carboxylic acid groups (broad SMARTS) is 1. The molecular formula is C15H30O5. The number of carbonyl (C=O) groups is 1. The number of carboxylic acids is 1. The van der Waals surface area contributed by atoms with Gasteiger partial charge in [0.05, 0.1) is 13.2 Å². The minimum Gasteiger partial charge on any atom is -0.481 e. The van der Waals surface area contributed by atoms with Crippen molar-refractivity contribution in [3.8, 4) is 0 Å². The van der Waals surface area contributed by atoms with E-state index in [4.69, 9.17) is 14.6 Å². The van der Waals surface area contributed by atoms with E-state index in [0.29, 0.717) is 19.6 Å². The molecule has 0 saturated carbocycles. The van der Waals surface area contributed by atoms with Crippen LogP contribution in [0.4, 0.5) is 0 Å². The third kappa shape index (κ3) is 15.4. The first-order chi connectivity index (χ1) is 9.66. The van der Waals surface area contributed by atoms with E-state index in [1.54, 1.807) is 0 Å². The molecule has 0 aromatic rings. The fourth-order valence-corrected chi connectivity index (χ4v) is 1.80. The minimum atomic E-state index is -0.823. The summed E-state index contributed by atoms with van der Waals surface area (Å²) in [5, 5.41) is 18.0. The summed E-state index contributed by atoms with van der Waals surface area (Å²) in [4.78, 5) is 10.3. The molecule has 0 aromatic carbocycles. The number of aliphatic carboxylic acids is 1. The van der Waals surface area contributed by atoms with Crippen molar-refractivity contribution in [2.24, 2.45) is 0 Å². The Morgan fingerprint density at radius 1 is 0.950 bits per heavy atom. The third-order valence-corrected chi connectivity index (χ3v) is 2.94. The summed E-state index contributed by atoms with van der Waals surface area (Å²) in [5.41, 5.74) is 0. The fourth-order valence-electron chi connectivity index (χ4n) is 1.80. The van der Waals surface area contributed by atoms with Gasteiger partial charge in [-0.3, -0.25) is 4.79 Å². The van der Waals surface area contributed by atoms with Crippen LogP contribution >= 0.6 is 0 Å². The van der Waals surface area contributed by atoms with Gasteiger partial charge in [-0.1, -0.05) is 39.0 Å². The van der Waals surface area contributed by atoms with E-state index in [9.17, 15) is 9.90 Å². The molecule has 0 spiro atoms. The fraction of sp³-hybridized carbons (Fsp3) is 0.933. The van der Waals surface area contributed by atoms with E-state index < -0.39 is 12.1 Å². The zero-order valence-electron chi connectivity index (χ0n) is 12.7. The molecule has 5 nitrogen and oxygen atoms in total. The first-order valence-corrected chi connectivity index (χ1v) is 7.72. The Bertz CT molecular complexity index is 220. The van der Waals surface area contributed by atoms with Crippen molar-refractivity contribution >= 4 is 5.97 Å². The summed E-state index contributed by atoms with van der Waals surface area (Å²) >= 11 is 0. The maximum absolute atomic E-state index is 10.3. The maximum Gasteiger partial charge on any atom is 0.303 e. The van der Waals surface area contributed by atoms with Crippen LogP contribution in [0.25, 0.3) is 0 Å². The highest BCUT2D eigenvalue weighted by molar-refractivity contribution is 5.66. The molecular weight excluding hydrogens is 260 g/mol. The van der Waals surface area contributed by atoms with E-state index in [1.807, 2.05) is 0 Å². The average Bonchev–Trinajstić information content (AvgIpc) is 2.41. The Morgan fingerprint density at radius 2 is 1.50 bits per heavy atom. The second-order valence-corrected chi connectivity index (χ2v) is 5.07. The van der Waals surface area contributed by atoms with Gasteiger partial charge in [-0.15, -0.1) is 0 Å². The standard InChI is InChI=1S/C15H30O5/c1-2-3-4-5-6-7-10-19-12-14(16)13-20-11-8-9-15(17)18/h14,16H,2-13H2,1H3,(H,17,18). The number of hydrogen-bond donors (Lipinski definition) is 2. The van der Waals surface area contributed by atoms with Crippen molar-refractivity contribution in [2.75, 3.05) is 26.4 Å². The van der Waals surface area contributed by atoms with E-state index in [1.165, 1.54) is 32.1 Å². The molecule has 0 aromatic heterocycles. The summed E-state index contributed by atoms with van der Waals surface area (Å²) in [5.74, 6) is -0.823. The van der Waals surface area contributed by atoms with Crippen LogP contribution in [0.2, 0.25) is 0 Å². The normalized spacial score (nSPS) is 12.5. The lowest BCUT2D eigenvalue weighted by Crippen LogP contribution is -2.22. The van der Waals surface area contributed by atoms with Crippen LogP contribution in [0.5, 0.6) is 0 Å². The molecule has 120 valence electrons. The number of unbranched alkanes of at least 4 members (excludes halogenated alkanes) is 5. The van der Waals surface area contributed by atoms with Gasteiger partial charge in [-0.2, -0.15) is 0 Å². The van der Waals surface area contributed by atoms with Crippen molar-refractivity contribution in [1.82, 2.24) is 0 Å². The lowest BCUT2D eigenvalue weighted by molar-refractivity contribution is -0.137. The average molecular weight is 290 g/mol. The molecule has 0 saturated heterocycles. The van der Waals surface area contributed by atoms with Gasteiger partial charge in [-0.05, 0) is 12.8 Å². The van der Waals surface area contributed by atoms with E-state index >= 15 is 0 Å². The summed E-state index contributed by atoms with van der Waals surface area (Å²) in [7, 11) is 0. The van der Waals surface area contributed by atoms with Gasteiger partial charge < -0.3 is 19.7 Å². The molecule has 20 heavy (non-hydrogen) atoms. The monoisotopic (exact) mass is 290 g/mol. The lowest BCUT2D eigenvalue weighted by Gasteiger charge is -2.11. The molecule has 0 aliphatic rings. The van der Waals surface area contributed by atoms with Crippen LogP contribution in [0, 0.1) is 0 Å². The predicted molar refractivity (Wildman–Crippen MR) is 77.9 cm³/mol. The Kier molecular flexibility index (Phi) is 14.3. The highest BCUT2D eigenvalue weighted by Crippen LogP contribution is 2.05. The van der Waals surface area contributed by atoms with Crippen LogP contribution < -0.4 is 0 Å². The predicted octanol–water partition coefficient (Wildman–Crippen LogP) is 2.61. The second-order valence-electron chi connectivity index (χ2n) is 5.07. The van der Waals surface area contributed by atoms with Gasteiger partial charge in [-0.25, -0.2) is 0 Å². The summed E-state index contributed by atoms with van der Waals surface area (Å²) < 4.78 is 10.5. The molecule has 0 rings (SSSR count). The number of rotatable bonds is 15. The highest BCUT2D eigenvalue weighted by Gasteiger charge is 2.04. The molecule has 0 bridgehead atoms. The van der Waals surface area contributed by atoms with E-state index in [0.717, 1.165) is 6.42 Å². The lowest BCUT2D eigenvalue weighted by atomic mass is 10.1.